The van der Waals surface area contributed by atoms with Crippen LogP contribution in [-0.2, 0) is 26.0 Å². The molecule has 0 saturated carbocycles. The van der Waals surface area contributed by atoms with Gasteiger partial charge >= 0.3 is 0 Å². The summed E-state index contributed by atoms with van der Waals surface area (Å²) in [4.78, 5) is 26.5. The van der Waals surface area contributed by atoms with E-state index in [4.69, 9.17) is 4.42 Å². The van der Waals surface area contributed by atoms with Gasteiger partial charge in [0, 0.05) is 24.9 Å². The molecule has 0 fully saturated rings. The molecule has 0 bridgehead atoms. The first kappa shape index (κ1) is 33.3. The Kier molecular flexibility index (Phi) is 11.3. The average molecular weight is 601 g/mol. The maximum absolute atomic E-state index is 13.9. The van der Waals surface area contributed by atoms with Crippen LogP contribution in [0.1, 0.15) is 46.6 Å². The fourth-order valence-electron chi connectivity index (χ4n) is 4.72. The highest BCUT2D eigenvalue weighted by atomic mass is 32.2. The molecule has 0 spiro atoms. The van der Waals surface area contributed by atoms with Crippen LogP contribution < -0.4 is 10.7 Å². The van der Waals surface area contributed by atoms with E-state index in [9.17, 15) is 23.1 Å². The van der Waals surface area contributed by atoms with Gasteiger partial charge in [-0.05, 0) is 54.6 Å². The highest BCUT2D eigenvalue weighted by Crippen LogP contribution is 2.26. The van der Waals surface area contributed by atoms with Gasteiger partial charge in [0.15, 0.2) is 0 Å². The molecule has 0 aliphatic carbocycles. The Bertz CT molecular complexity index is 1430. The molecule has 0 unspecified atom stereocenters. The SMILES string of the molecule is CNCC(=O)NN(C(=O)CC(C)(C)C)[C@@H](Cc1ccccc1)[C@H](O)CN(CC(C)C)S(=O)(=O)c1ccc2occc2c1. The lowest BCUT2D eigenvalue weighted by Crippen LogP contribution is -2.60. The Labute approximate surface area is 249 Å². The van der Waals surface area contributed by atoms with Crippen LogP contribution >= 0.6 is 0 Å². The molecule has 1 heterocycles. The fourth-order valence-corrected chi connectivity index (χ4v) is 6.38. The number of carbonyl (C=O) groups excluding carboxylic acids is 2. The van der Waals surface area contributed by atoms with Crippen molar-refractivity contribution in [1.29, 1.82) is 0 Å². The van der Waals surface area contributed by atoms with E-state index in [1.807, 2.05) is 65.0 Å². The monoisotopic (exact) mass is 600 g/mol. The number of sulfonamides is 1. The van der Waals surface area contributed by atoms with Crippen molar-refractivity contribution < 1.29 is 27.5 Å². The van der Waals surface area contributed by atoms with Gasteiger partial charge in [0.05, 0.1) is 29.8 Å². The summed E-state index contributed by atoms with van der Waals surface area (Å²) in [6.45, 7) is 9.33. The number of aliphatic hydroxyl groups is 1. The largest absolute Gasteiger partial charge is 0.464 e. The molecule has 42 heavy (non-hydrogen) atoms. The van der Waals surface area contributed by atoms with Crippen LogP contribution in [0.3, 0.4) is 0 Å². The van der Waals surface area contributed by atoms with Crippen molar-refractivity contribution in [3.63, 3.8) is 0 Å². The molecule has 3 aromatic rings. The first-order valence-electron chi connectivity index (χ1n) is 14.2. The zero-order chi connectivity index (χ0) is 31.1. The Morgan fingerprint density at radius 2 is 1.71 bits per heavy atom. The van der Waals surface area contributed by atoms with Crippen LogP contribution in [0.4, 0.5) is 0 Å². The molecule has 0 radical (unpaired) electrons. The summed E-state index contributed by atoms with van der Waals surface area (Å²) in [5, 5.41) is 16.4. The number of nitrogens with one attached hydrogen (secondary N) is 2. The predicted octanol–water partition coefficient (Wildman–Crippen LogP) is 3.57. The Morgan fingerprint density at radius 3 is 2.33 bits per heavy atom. The third kappa shape index (κ3) is 9.12. The average Bonchev–Trinajstić information content (AvgIpc) is 3.38. The van der Waals surface area contributed by atoms with Gasteiger partial charge in [-0.2, -0.15) is 4.31 Å². The Balaban J connectivity index is 2.03. The summed E-state index contributed by atoms with van der Waals surface area (Å²) in [6.07, 6.45) is 0.448. The fraction of sp³-hybridized carbons (Fsp3) is 0.484. The number of hydrazine groups is 1. The molecule has 2 atom stereocenters. The Hall–Kier alpha value is -3.25. The van der Waals surface area contributed by atoms with Crippen molar-refractivity contribution in [3.8, 4) is 0 Å². The van der Waals surface area contributed by atoms with Crippen molar-refractivity contribution in [3.05, 3.63) is 66.4 Å². The highest BCUT2D eigenvalue weighted by molar-refractivity contribution is 7.89. The number of benzene rings is 2. The molecule has 11 heteroatoms. The van der Waals surface area contributed by atoms with Gasteiger partial charge < -0.3 is 14.8 Å². The van der Waals surface area contributed by atoms with E-state index in [1.165, 1.54) is 21.6 Å². The lowest BCUT2D eigenvalue weighted by molar-refractivity contribution is -0.149. The molecule has 2 aromatic carbocycles. The molecular formula is C31H44N4O6S. The van der Waals surface area contributed by atoms with Gasteiger partial charge in [0.2, 0.25) is 15.9 Å². The normalized spacial score (nSPS) is 13.8. The topological polar surface area (TPSA) is 132 Å². The number of hydrogen-bond donors (Lipinski definition) is 3. The third-order valence-electron chi connectivity index (χ3n) is 6.62. The minimum absolute atomic E-state index is 0.0439. The van der Waals surface area contributed by atoms with E-state index in [1.54, 1.807) is 25.2 Å². The van der Waals surface area contributed by atoms with Gasteiger partial charge in [-0.25, -0.2) is 13.4 Å². The molecule has 0 aliphatic rings. The van der Waals surface area contributed by atoms with Crippen LogP contribution in [0.5, 0.6) is 0 Å². The molecule has 2 amide bonds. The standard InChI is InChI=1S/C31H44N4O6S/c1-22(2)20-34(42(39,40)25-12-13-28-24(17-25)14-15-41-28)21-27(36)26(16-23-10-8-7-9-11-23)35(33-29(37)19-32-6)30(38)18-31(3,4)5/h7-15,17,22,26-27,32,36H,16,18-21H2,1-6H3,(H,33,37)/t26-,27+/m0/s1. The summed E-state index contributed by atoms with van der Waals surface area (Å²) in [6, 6.07) is 14.7. The quantitative estimate of drug-likeness (QED) is 0.256. The lowest BCUT2D eigenvalue weighted by Gasteiger charge is -2.38. The second kappa shape index (κ2) is 14.3. The summed E-state index contributed by atoms with van der Waals surface area (Å²) in [7, 11) is -2.42. The molecule has 1 aromatic heterocycles. The number of nitrogens with zero attached hydrogens (tertiary/aromatic N) is 2. The molecule has 0 saturated heterocycles. The zero-order valence-electron chi connectivity index (χ0n) is 25.3. The molecule has 3 N–H and O–H groups in total. The number of hydrogen-bond acceptors (Lipinski definition) is 7. The van der Waals surface area contributed by atoms with E-state index < -0.39 is 33.5 Å². The van der Waals surface area contributed by atoms with Crippen molar-refractivity contribution in [2.45, 2.75) is 64.5 Å². The number of rotatable bonds is 13. The second-order valence-corrected chi connectivity index (χ2v) is 14.2. The van der Waals surface area contributed by atoms with E-state index in [2.05, 4.69) is 10.7 Å². The number of carbonyl (C=O) groups is 2. The van der Waals surface area contributed by atoms with Crippen molar-refractivity contribution in [1.82, 2.24) is 20.1 Å². The van der Waals surface area contributed by atoms with Crippen LogP contribution in [-0.4, -0.2) is 73.5 Å². The van der Waals surface area contributed by atoms with Crippen LogP contribution in [0.15, 0.2) is 70.2 Å². The van der Waals surface area contributed by atoms with E-state index >= 15 is 0 Å². The molecular weight excluding hydrogens is 556 g/mol. The minimum Gasteiger partial charge on any atom is -0.464 e. The van der Waals surface area contributed by atoms with Crippen LogP contribution in [0.25, 0.3) is 11.0 Å². The third-order valence-corrected chi connectivity index (χ3v) is 8.44. The Morgan fingerprint density at radius 1 is 1.02 bits per heavy atom. The summed E-state index contributed by atoms with van der Waals surface area (Å²) in [5.41, 5.74) is 3.68. The maximum Gasteiger partial charge on any atom is 0.252 e. The molecule has 10 nitrogen and oxygen atoms in total. The minimum atomic E-state index is -4.04. The van der Waals surface area contributed by atoms with Crippen LogP contribution in [0, 0.1) is 11.3 Å². The first-order valence-corrected chi connectivity index (χ1v) is 15.6. The van der Waals surface area contributed by atoms with Crippen molar-refractivity contribution in [2.75, 3.05) is 26.7 Å². The van der Waals surface area contributed by atoms with Gasteiger partial charge in [-0.3, -0.25) is 15.0 Å². The van der Waals surface area contributed by atoms with E-state index in [0.717, 1.165) is 5.56 Å². The van der Waals surface area contributed by atoms with Crippen molar-refractivity contribution >= 4 is 32.8 Å². The number of fused-ring (bicyclic) bond motifs is 1. The molecule has 230 valence electrons. The predicted molar refractivity (Wildman–Crippen MR) is 163 cm³/mol. The first-order chi connectivity index (χ1) is 19.7. The summed E-state index contributed by atoms with van der Waals surface area (Å²) < 4.78 is 34.5. The zero-order valence-corrected chi connectivity index (χ0v) is 26.1. The second-order valence-electron chi connectivity index (χ2n) is 12.2. The summed E-state index contributed by atoms with van der Waals surface area (Å²) in [5.74, 6) is -0.883. The van der Waals surface area contributed by atoms with Gasteiger partial charge in [0.25, 0.3) is 5.91 Å². The van der Waals surface area contributed by atoms with Gasteiger partial charge in [0.1, 0.15) is 5.58 Å². The van der Waals surface area contributed by atoms with Gasteiger partial charge in [-0.1, -0.05) is 65.0 Å². The van der Waals surface area contributed by atoms with E-state index in [-0.39, 0.29) is 49.2 Å². The molecule has 0 aliphatic heterocycles. The number of furan rings is 1. The lowest BCUT2D eigenvalue weighted by atomic mass is 9.91. The van der Waals surface area contributed by atoms with Crippen LogP contribution in [0.2, 0.25) is 0 Å². The number of likely N-dealkylation sites (N-methyl/N-ethyl adjacent to an activating group) is 1. The summed E-state index contributed by atoms with van der Waals surface area (Å²) >= 11 is 0. The highest BCUT2D eigenvalue weighted by Gasteiger charge is 2.37. The smallest absolute Gasteiger partial charge is 0.252 e. The number of amides is 2. The molecule has 3 rings (SSSR count). The number of aliphatic hydroxyl groups excluding tert-OH is 1. The van der Waals surface area contributed by atoms with Crippen molar-refractivity contribution in [2.24, 2.45) is 11.3 Å². The maximum atomic E-state index is 13.9. The van der Waals surface area contributed by atoms with Gasteiger partial charge in [-0.15, -0.1) is 0 Å². The van der Waals surface area contributed by atoms with E-state index in [0.29, 0.717) is 11.0 Å².